The Morgan fingerprint density at radius 2 is 2.00 bits per heavy atom. The van der Waals surface area contributed by atoms with Gasteiger partial charge in [0.15, 0.2) is 0 Å². The molecule has 0 aliphatic rings. The molecule has 0 aliphatic heterocycles. The zero-order chi connectivity index (χ0) is 15.1. The van der Waals surface area contributed by atoms with Crippen LogP contribution < -0.4 is 5.32 Å². The van der Waals surface area contributed by atoms with E-state index in [9.17, 15) is 18.8 Å². The van der Waals surface area contributed by atoms with Crippen molar-refractivity contribution >= 4 is 17.9 Å². The minimum absolute atomic E-state index is 0.135. The number of nitrogens with one attached hydrogen (secondary N) is 1. The van der Waals surface area contributed by atoms with Crippen LogP contribution in [0, 0.1) is 5.82 Å². The Kier molecular flexibility index (Phi) is 5.64. The van der Waals surface area contributed by atoms with E-state index < -0.39 is 23.7 Å². The predicted molar refractivity (Wildman–Crippen MR) is 68.3 cm³/mol. The second-order valence-corrected chi connectivity index (χ2v) is 4.23. The first-order valence-electron chi connectivity index (χ1n) is 5.89. The lowest BCUT2D eigenvalue weighted by Gasteiger charge is -2.17. The van der Waals surface area contributed by atoms with Crippen molar-refractivity contribution in [2.45, 2.75) is 19.4 Å². The minimum atomic E-state index is -1.11. The number of amides is 3. The first-order valence-corrected chi connectivity index (χ1v) is 5.89. The molecule has 2 N–H and O–H groups in total. The molecule has 0 atom stereocenters. The Morgan fingerprint density at radius 1 is 1.30 bits per heavy atom. The molecule has 108 valence electrons. The van der Waals surface area contributed by atoms with Crippen molar-refractivity contribution in [1.82, 2.24) is 10.2 Å². The molecule has 3 amide bonds. The largest absolute Gasteiger partial charge is 0.481 e. The zero-order valence-electron chi connectivity index (χ0n) is 10.9. The number of halogens is 1. The Balaban J connectivity index is 2.46. The number of urea groups is 1. The van der Waals surface area contributed by atoms with Crippen molar-refractivity contribution in [3.8, 4) is 0 Å². The standard InChI is InChI=1S/C13H15FN2O4/c1-16(8-9-3-2-4-10(14)7-9)13(20)15-11(17)5-6-12(18)19/h2-4,7H,5-6,8H2,1H3,(H,18,19)(H,15,17,20). The van der Waals surface area contributed by atoms with Gasteiger partial charge in [-0.1, -0.05) is 12.1 Å². The molecule has 0 heterocycles. The fourth-order valence-electron chi connectivity index (χ4n) is 1.48. The van der Waals surface area contributed by atoms with Gasteiger partial charge in [0.2, 0.25) is 5.91 Å². The number of imide groups is 1. The number of hydrogen-bond donors (Lipinski definition) is 2. The molecular weight excluding hydrogens is 267 g/mol. The highest BCUT2D eigenvalue weighted by Gasteiger charge is 2.13. The number of benzene rings is 1. The van der Waals surface area contributed by atoms with Gasteiger partial charge in [-0.15, -0.1) is 0 Å². The van der Waals surface area contributed by atoms with Crippen molar-refractivity contribution < 1.29 is 23.9 Å². The molecular formula is C13H15FN2O4. The Morgan fingerprint density at radius 3 is 2.60 bits per heavy atom. The molecule has 7 heteroatoms. The van der Waals surface area contributed by atoms with E-state index in [1.54, 1.807) is 6.07 Å². The zero-order valence-corrected chi connectivity index (χ0v) is 10.9. The number of hydrogen-bond acceptors (Lipinski definition) is 3. The van der Waals surface area contributed by atoms with Crippen LogP contribution in [0.2, 0.25) is 0 Å². The first kappa shape index (κ1) is 15.6. The number of carboxylic acids is 1. The molecule has 0 bridgehead atoms. The number of aliphatic carboxylic acids is 1. The highest BCUT2D eigenvalue weighted by Crippen LogP contribution is 2.06. The van der Waals surface area contributed by atoms with Crippen LogP contribution in [0.25, 0.3) is 0 Å². The molecule has 0 fully saturated rings. The van der Waals surface area contributed by atoms with E-state index in [1.807, 2.05) is 0 Å². The number of nitrogens with zero attached hydrogens (tertiary/aromatic N) is 1. The number of carbonyl (C=O) groups excluding carboxylic acids is 2. The Hall–Kier alpha value is -2.44. The van der Waals surface area contributed by atoms with Crippen molar-refractivity contribution in [1.29, 1.82) is 0 Å². The highest BCUT2D eigenvalue weighted by atomic mass is 19.1. The van der Waals surface area contributed by atoms with Crippen LogP contribution in [0.5, 0.6) is 0 Å². The van der Waals surface area contributed by atoms with Gasteiger partial charge in [-0.2, -0.15) is 0 Å². The van der Waals surface area contributed by atoms with Crippen LogP contribution >= 0.6 is 0 Å². The van der Waals surface area contributed by atoms with Crippen LogP contribution in [0.1, 0.15) is 18.4 Å². The summed E-state index contributed by atoms with van der Waals surface area (Å²) in [6, 6.07) is 5.09. The van der Waals surface area contributed by atoms with Crippen molar-refractivity contribution in [2.24, 2.45) is 0 Å². The van der Waals surface area contributed by atoms with Crippen LogP contribution in [0.4, 0.5) is 9.18 Å². The number of carboxylic acid groups (broad SMARTS) is 1. The average molecular weight is 282 g/mol. The van der Waals surface area contributed by atoms with E-state index in [1.165, 1.54) is 30.1 Å². The fraction of sp³-hybridized carbons (Fsp3) is 0.308. The lowest BCUT2D eigenvalue weighted by Crippen LogP contribution is -2.40. The average Bonchev–Trinajstić information content (AvgIpc) is 2.36. The molecule has 0 aromatic heterocycles. The third kappa shape index (κ3) is 5.47. The molecule has 0 radical (unpaired) electrons. The summed E-state index contributed by atoms with van der Waals surface area (Å²) >= 11 is 0. The summed E-state index contributed by atoms with van der Waals surface area (Å²) in [6.45, 7) is 0.135. The van der Waals surface area contributed by atoms with Gasteiger partial charge in [0.05, 0.1) is 6.42 Å². The molecule has 1 aromatic rings. The van der Waals surface area contributed by atoms with Crippen molar-refractivity contribution in [3.05, 3.63) is 35.6 Å². The second-order valence-electron chi connectivity index (χ2n) is 4.23. The van der Waals surface area contributed by atoms with Crippen LogP contribution in [-0.2, 0) is 16.1 Å². The van der Waals surface area contributed by atoms with Crippen LogP contribution in [-0.4, -0.2) is 35.0 Å². The first-order chi connectivity index (χ1) is 9.38. The molecule has 0 aliphatic carbocycles. The molecule has 0 spiro atoms. The minimum Gasteiger partial charge on any atom is -0.481 e. The summed E-state index contributed by atoms with van der Waals surface area (Å²) in [7, 11) is 1.45. The van der Waals surface area contributed by atoms with Gasteiger partial charge in [-0.25, -0.2) is 9.18 Å². The van der Waals surface area contributed by atoms with Gasteiger partial charge < -0.3 is 10.0 Å². The lowest BCUT2D eigenvalue weighted by atomic mass is 10.2. The monoisotopic (exact) mass is 282 g/mol. The van der Waals surface area contributed by atoms with Crippen molar-refractivity contribution in [2.75, 3.05) is 7.05 Å². The van der Waals surface area contributed by atoms with Gasteiger partial charge in [0.25, 0.3) is 0 Å². The molecule has 0 unspecified atom stereocenters. The maximum absolute atomic E-state index is 13.0. The van der Waals surface area contributed by atoms with Gasteiger partial charge >= 0.3 is 12.0 Å². The van der Waals surface area contributed by atoms with E-state index in [0.29, 0.717) is 5.56 Å². The van der Waals surface area contributed by atoms with Gasteiger partial charge in [-0.05, 0) is 17.7 Å². The molecule has 0 saturated heterocycles. The van der Waals surface area contributed by atoms with Crippen molar-refractivity contribution in [3.63, 3.8) is 0 Å². The van der Waals surface area contributed by atoms with E-state index in [-0.39, 0.29) is 19.4 Å². The summed E-state index contributed by atoms with van der Waals surface area (Å²) in [5.41, 5.74) is 0.584. The second kappa shape index (κ2) is 7.22. The highest BCUT2D eigenvalue weighted by molar-refractivity contribution is 5.95. The quantitative estimate of drug-likeness (QED) is 0.853. The molecule has 20 heavy (non-hydrogen) atoms. The Labute approximate surface area is 115 Å². The fourth-order valence-corrected chi connectivity index (χ4v) is 1.48. The maximum atomic E-state index is 13.0. The molecule has 6 nitrogen and oxygen atoms in total. The van der Waals surface area contributed by atoms with Gasteiger partial charge in [0.1, 0.15) is 5.82 Å². The summed E-state index contributed by atoms with van der Waals surface area (Å²) in [6.07, 6.45) is -0.610. The summed E-state index contributed by atoms with van der Waals surface area (Å²) in [5, 5.41) is 10.5. The molecule has 1 aromatic carbocycles. The van der Waals surface area contributed by atoms with E-state index in [0.717, 1.165) is 0 Å². The molecule has 1 rings (SSSR count). The van der Waals surface area contributed by atoms with Crippen LogP contribution in [0.3, 0.4) is 0 Å². The van der Waals surface area contributed by atoms with E-state index in [4.69, 9.17) is 5.11 Å². The van der Waals surface area contributed by atoms with Gasteiger partial charge in [0, 0.05) is 20.0 Å². The predicted octanol–water partition coefficient (Wildman–Crippen LogP) is 1.36. The maximum Gasteiger partial charge on any atom is 0.324 e. The normalized spacial score (nSPS) is 9.90. The van der Waals surface area contributed by atoms with Gasteiger partial charge in [-0.3, -0.25) is 14.9 Å². The smallest absolute Gasteiger partial charge is 0.324 e. The summed E-state index contributed by atoms with van der Waals surface area (Å²) in [4.78, 5) is 34.4. The lowest BCUT2D eigenvalue weighted by molar-refractivity contribution is -0.138. The summed E-state index contributed by atoms with van der Waals surface area (Å²) in [5.74, 6) is -2.18. The van der Waals surface area contributed by atoms with E-state index >= 15 is 0 Å². The summed E-state index contributed by atoms with van der Waals surface area (Å²) < 4.78 is 13.0. The SMILES string of the molecule is CN(Cc1cccc(F)c1)C(=O)NC(=O)CCC(=O)O. The Bertz CT molecular complexity index is 519. The number of carbonyl (C=O) groups is 3. The van der Waals surface area contributed by atoms with Crippen LogP contribution in [0.15, 0.2) is 24.3 Å². The topological polar surface area (TPSA) is 86.7 Å². The third-order valence-corrected chi connectivity index (χ3v) is 2.47. The number of rotatable bonds is 5. The van der Waals surface area contributed by atoms with E-state index in [2.05, 4.69) is 5.32 Å². The third-order valence-electron chi connectivity index (χ3n) is 2.47. The molecule has 0 saturated carbocycles.